The van der Waals surface area contributed by atoms with Gasteiger partial charge in [0, 0.05) is 17.9 Å². The minimum Gasteiger partial charge on any atom is -0.347 e. The van der Waals surface area contributed by atoms with E-state index in [0.717, 1.165) is 23.1 Å². The van der Waals surface area contributed by atoms with Crippen LogP contribution in [0.1, 0.15) is 11.3 Å². The molecule has 0 aliphatic carbocycles. The summed E-state index contributed by atoms with van der Waals surface area (Å²) in [5.41, 5.74) is 2.80. The first-order chi connectivity index (χ1) is 8.36. The van der Waals surface area contributed by atoms with E-state index in [2.05, 4.69) is 20.6 Å². The minimum absolute atomic E-state index is 0.682. The normalized spacial score (nSPS) is 10.5. The lowest BCUT2D eigenvalue weighted by Gasteiger charge is -2.03. The largest absolute Gasteiger partial charge is 0.347 e. The number of H-pyrrole nitrogens is 1. The fourth-order valence-electron chi connectivity index (χ4n) is 1.95. The van der Waals surface area contributed by atoms with Gasteiger partial charge in [0.1, 0.15) is 0 Å². The number of rotatable bonds is 2. The summed E-state index contributed by atoms with van der Waals surface area (Å²) in [6.45, 7) is 0.735. The van der Waals surface area contributed by atoms with Gasteiger partial charge in [-0.05, 0) is 23.6 Å². The highest BCUT2D eigenvalue weighted by atomic mass is 15.0. The van der Waals surface area contributed by atoms with E-state index in [4.69, 9.17) is 5.26 Å². The topological polar surface area (TPSA) is 57.4 Å². The number of nitrogens with one attached hydrogen (secondary N) is 1. The van der Waals surface area contributed by atoms with E-state index < -0.39 is 0 Å². The van der Waals surface area contributed by atoms with Crippen LogP contribution in [0.5, 0.6) is 0 Å². The lowest BCUT2D eigenvalue weighted by atomic mass is 10.2. The van der Waals surface area contributed by atoms with Gasteiger partial charge in [-0.15, -0.1) is 0 Å². The Morgan fingerprint density at radius 2 is 2.29 bits per heavy atom. The maximum Gasteiger partial charge on any atom is 0.0992 e. The number of hydrogen-bond donors (Lipinski definition) is 1. The van der Waals surface area contributed by atoms with E-state index in [1.807, 2.05) is 30.5 Å². The van der Waals surface area contributed by atoms with Crippen LogP contribution in [0.2, 0.25) is 0 Å². The molecule has 82 valence electrons. The van der Waals surface area contributed by atoms with E-state index in [1.165, 1.54) is 0 Å². The maximum absolute atomic E-state index is 8.91. The molecule has 0 spiro atoms. The van der Waals surface area contributed by atoms with Crippen molar-refractivity contribution in [1.82, 2.24) is 14.5 Å². The third kappa shape index (κ3) is 1.68. The Morgan fingerprint density at radius 3 is 3.06 bits per heavy atom. The van der Waals surface area contributed by atoms with Crippen LogP contribution in [0.15, 0.2) is 43.0 Å². The molecule has 0 atom stereocenters. The van der Waals surface area contributed by atoms with Crippen molar-refractivity contribution < 1.29 is 0 Å². The third-order valence-corrected chi connectivity index (χ3v) is 2.80. The Labute approximate surface area is 98.1 Å². The summed E-state index contributed by atoms with van der Waals surface area (Å²) in [6, 6.07) is 9.92. The Bertz CT molecular complexity index is 686. The monoisotopic (exact) mass is 222 g/mol. The van der Waals surface area contributed by atoms with Crippen LogP contribution in [0.4, 0.5) is 0 Å². The minimum atomic E-state index is 0.682. The van der Waals surface area contributed by atoms with E-state index in [-0.39, 0.29) is 0 Å². The van der Waals surface area contributed by atoms with Gasteiger partial charge in [0.15, 0.2) is 0 Å². The highest BCUT2D eigenvalue weighted by molar-refractivity contribution is 5.81. The van der Waals surface area contributed by atoms with Crippen LogP contribution in [-0.4, -0.2) is 14.5 Å². The Hall–Kier alpha value is -2.54. The molecule has 0 aliphatic rings. The average molecular weight is 222 g/mol. The molecule has 4 heteroatoms. The quantitative estimate of drug-likeness (QED) is 0.723. The zero-order chi connectivity index (χ0) is 11.7. The van der Waals surface area contributed by atoms with Crippen LogP contribution in [0, 0.1) is 11.3 Å². The van der Waals surface area contributed by atoms with Gasteiger partial charge in [0.25, 0.3) is 0 Å². The fraction of sp³-hybridized carbons (Fsp3) is 0.0769. The SMILES string of the molecule is N#Cc1ccc2ccn(Cc3cnc[nH]3)c2c1. The zero-order valence-corrected chi connectivity index (χ0v) is 9.09. The highest BCUT2D eigenvalue weighted by Gasteiger charge is 2.03. The van der Waals surface area contributed by atoms with Crippen molar-refractivity contribution in [2.75, 3.05) is 0 Å². The van der Waals surface area contributed by atoms with Gasteiger partial charge in [-0.25, -0.2) is 4.98 Å². The lowest BCUT2D eigenvalue weighted by Crippen LogP contribution is -1.97. The molecule has 0 aliphatic heterocycles. The maximum atomic E-state index is 8.91. The molecule has 2 heterocycles. The van der Waals surface area contributed by atoms with E-state index in [0.29, 0.717) is 5.56 Å². The molecule has 17 heavy (non-hydrogen) atoms. The molecule has 4 nitrogen and oxygen atoms in total. The van der Waals surface area contributed by atoms with Crippen LogP contribution < -0.4 is 0 Å². The number of fused-ring (bicyclic) bond motifs is 1. The summed E-state index contributed by atoms with van der Waals surface area (Å²) in [6.07, 6.45) is 5.49. The van der Waals surface area contributed by atoms with Gasteiger partial charge in [-0.2, -0.15) is 5.26 Å². The van der Waals surface area contributed by atoms with Crippen molar-refractivity contribution in [3.8, 4) is 6.07 Å². The first-order valence-electron chi connectivity index (χ1n) is 5.33. The molecule has 0 saturated carbocycles. The fourth-order valence-corrected chi connectivity index (χ4v) is 1.95. The summed E-state index contributed by atoms with van der Waals surface area (Å²) >= 11 is 0. The van der Waals surface area contributed by atoms with Crippen molar-refractivity contribution in [2.24, 2.45) is 0 Å². The third-order valence-electron chi connectivity index (χ3n) is 2.80. The number of nitriles is 1. The van der Waals surface area contributed by atoms with Gasteiger partial charge in [-0.1, -0.05) is 6.07 Å². The first kappa shape index (κ1) is 9.67. The molecule has 3 aromatic rings. The van der Waals surface area contributed by atoms with E-state index in [9.17, 15) is 0 Å². The number of nitrogens with zero attached hydrogens (tertiary/aromatic N) is 3. The predicted molar refractivity (Wildman–Crippen MR) is 64.3 cm³/mol. The summed E-state index contributed by atoms with van der Waals surface area (Å²) in [5.74, 6) is 0. The standard InChI is InChI=1S/C13H10N4/c14-6-10-1-2-11-3-4-17(13(11)5-10)8-12-7-15-9-16-12/h1-5,7,9H,8H2,(H,15,16). The van der Waals surface area contributed by atoms with Crippen LogP contribution in [0.25, 0.3) is 10.9 Å². The summed E-state index contributed by atoms with van der Waals surface area (Å²) in [7, 11) is 0. The number of hydrogen-bond acceptors (Lipinski definition) is 2. The van der Waals surface area contributed by atoms with Gasteiger partial charge >= 0.3 is 0 Å². The highest BCUT2D eigenvalue weighted by Crippen LogP contribution is 2.18. The van der Waals surface area contributed by atoms with Crippen molar-refractivity contribution in [3.63, 3.8) is 0 Å². The summed E-state index contributed by atoms with van der Waals surface area (Å²) in [4.78, 5) is 7.07. The van der Waals surface area contributed by atoms with Gasteiger partial charge < -0.3 is 9.55 Å². The lowest BCUT2D eigenvalue weighted by molar-refractivity contribution is 0.814. The molecule has 1 aromatic carbocycles. The van der Waals surface area contributed by atoms with Crippen molar-refractivity contribution in [2.45, 2.75) is 6.54 Å². The number of imidazole rings is 1. The number of aromatic amines is 1. The molecule has 0 fully saturated rings. The second-order valence-electron chi connectivity index (χ2n) is 3.91. The first-order valence-corrected chi connectivity index (χ1v) is 5.33. The molecular weight excluding hydrogens is 212 g/mol. The summed E-state index contributed by atoms with van der Waals surface area (Å²) < 4.78 is 2.10. The molecule has 0 unspecified atom stereocenters. The molecule has 0 radical (unpaired) electrons. The molecule has 0 amide bonds. The molecule has 0 saturated heterocycles. The van der Waals surface area contributed by atoms with Gasteiger partial charge in [0.2, 0.25) is 0 Å². The Balaban J connectivity index is 2.08. The van der Waals surface area contributed by atoms with Crippen LogP contribution in [-0.2, 0) is 6.54 Å². The Kier molecular flexibility index (Phi) is 2.16. The second kappa shape index (κ2) is 3.80. The molecule has 1 N–H and O–H groups in total. The molecule has 2 aromatic heterocycles. The molecule has 3 rings (SSSR count). The predicted octanol–water partition coefficient (Wildman–Crippen LogP) is 2.28. The van der Waals surface area contributed by atoms with Crippen molar-refractivity contribution in [1.29, 1.82) is 5.26 Å². The van der Waals surface area contributed by atoms with Crippen LogP contribution >= 0.6 is 0 Å². The number of aromatic nitrogens is 3. The number of benzene rings is 1. The smallest absolute Gasteiger partial charge is 0.0992 e. The van der Waals surface area contributed by atoms with E-state index >= 15 is 0 Å². The van der Waals surface area contributed by atoms with Crippen molar-refractivity contribution >= 4 is 10.9 Å². The Morgan fingerprint density at radius 1 is 1.35 bits per heavy atom. The molecular formula is C13H10N4. The molecule has 0 bridgehead atoms. The summed E-state index contributed by atoms with van der Waals surface area (Å²) in [5, 5.41) is 10.0. The van der Waals surface area contributed by atoms with Crippen molar-refractivity contribution in [3.05, 3.63) is 54.2 Å². The van der Waals surface area contributed by atoms with E-state index in [1.54, 1.807) is 12.5 Å². The van der Waals surface area contributed by atoms with Crippen LogP contribution in [0.3, 0.4) is 0 Å². The van der Waals surface area contributed by atoms with Gasteiger partial charge in [0.05, 0.1) is 30.2 Å². The zero-order valence-electron chi connectivity index (χ0n) is 9.09. The second-order valence-corrected chi connectivity index (χ2v) is 3.91. The van der Waals surface area contributed by atoms with Gasteiger partial charge in [-0.3, -0.25) is 0 Å². The average Bonchev–Trinajstić information content (AvgIpc) is 2.99.